The molecule has 1 aromatic rings. The molecule has 5 atom stereocenters. The van der Waals surface area contributed by atoms with Crippen LogP contribution in [0.5, 0.6) is 0 Å². The number of halogens is 1. The van der Waals surface area contributed by atoms with Gasteiger partial charge in [0.1, 0.15) is 6.04 Å². The highest BCUT2D eigenvalue weighted by Gasteiger charge is 2.77. The summed E-state index contributed by atoms with van der Waals surface area (Å²) in [6.45, 7) is 12.0. The Morgan fingerprint density at radius 1 is 1.32 bits per heavy atom. The Bertz CT molecular complexity index is 1090. The number of ether oxygens (including phenoxy) is 1. The van der Waals surface area contributed by atoms with Crippen LogP contribution in [0.2, 0.25) is 5.02 Å². The highest BCUT2D eigenvalue weighted by molar-refractivity contribution is 8.02. The van der Waals surface area contributed by atoms with Crippen molar-refractivity contribution in [2.24, 2.45) is 11.8 Å². The quantitative estimate of drug-likeness (QED) is 0.255. The van der Waals surface area contributed by atoms with Gasteiger partial charge in [0.15, 0.2) is 0 Å². The van der Waals surface area contributed by atoms with Gasteiger partial charge in [0, 0.05) is 24.4 Å². The summed E-state index contributed by atoms with van der Waals surface area (Å²) in [5, 5.41) is 10.0. The summed E-state index contributed by atoms with van der Waals surface area (Å²) in [7, 11) is 0. The number of hydrogen-bond acceptors (Lipinski definition) is 6. The minimum Gasteiger partial charge on any atom is -0.465 e. The molecule has 3 heterocycles. The first-order chi connectivity index (χ1) is 17.7. The highest BCUT2D eigenvalue weighted by atomic mass is 35.5. The first-order valence-corrected chi connectivity index (χ1v) is 13.9. The lowest BCUT2D eigenvalue weighted by Gasteiger charge is -2.37. The van der Waals surface area contributed by atoms with Gasteiger partial charge in [-0.05, 0) is 51.2 Å². The Morgan fingerprint density at radius 2 is 2.08 bits per heavy atom. The molecule has 2 amide bonds. The zero-order valence-corrected chi connectivity index (χ0v) is 23.0. The van der Waals surface area contributed by atoms with Gasteiger partial charge in [-0.1, -0.05) is 35.9 Å². The number of hydrogen-bond donors (Lipinski definition) is 1. The average molecular weight is 547 g/mol. The number of anilines is 1. The minimum absolute atomic E-state index is 0.111. The molecule has 2 unspecified atom stereocenters. The summed E-state index contributed by atoms with van der Waals surface area (Å²) in [5.41, 5.74) is 1.43. The number of likely N-dealkylation sites (tertiary alicyclic amines) is 1. The molecule has 7 nitrogen and oxygen atoms in total. The standard InChI is InChI=1S/C28H35ClN2O5S/c1-5-7-17-36-26(35)21-20-24(33)31(15-9-16-32)23(28(20)13-12-27(21,4)37-28)25(34)30(14-6-2)22-18(3)10-8-11-19(22)29/h5-6,8,10-11,20-21,23,32H,1-2,7,9,12-17H2,3-4H3/t20-,21-,23?,27+,28?/m0/s1. The summed E-state index contributed by atoms with van der Waals surface area (Å²) in [6.07, 6.45) is 5.53. The zero-order valence-electron chi connectivity index (χ0n) is 21.5. The van der Waals surface area contributed by atoms with E-state index in [1.54, 1.807) is 39.8 Å². The number of nitrogens with zero attached hydrogens (tertiary/aromatic N) is 2. The predicted molar refractivity (Wildman–Crippen MR) is 147 cm³/mol. The van der Waals surface area contributed by atoms with Crippen LogP contribution in [-0.2, 0) is 19.1 Å². The van der Waals surface area contributed by atoms with E-state index >= 15 is 0 Å². The second kappa shape index (κ2) is 10.8. The zero-order chi connectivity index (χ0) is 27.0. The number of amides is 2. The van der Waals surface area contributed by atoms with E-state index < -0.39 is 33.3 Å². The lowest BCUT2D eigenvalue weighted by molar-refractivity contribution is -0.155. The van der Waals surface area contributed by atoms with E-state index in [9.17, 15) is 19.5 Å². The van der Waals surface area contributed by atoms with E-state index in [0.29, 0.717) is 36.4 Å². The number of carbonyl (C=O) groups excluding carboxylic acids is 3. The van der Waals surface area contributed by atoms with Gasteiger partial charge in [0.05, 0.1) is 33.9 Å². The second-order valence-corrected chi connectivity index (χ2v) is 12.5. The van der Waals surface area contributed by atoms with Crippen LogP contribution in [0, 0.1) is 18.8 Å². The molecule has 0 saturated carbocycles. The number of carbonyl (C=O) groups is 3. The van der Waals surface area contributed by atoms with Crippen LogP contribution in [0.1, 0.15) is 38.2 Å². The van der Waals surface area contributed by atoms with Crippen LogP contribution in [0.3, 0.4) is 0 Å². The van der Waals surface area contributed by atoms with Crippen molar-refractivity contribution in [2.45, 2.75) is 55.1 Å². The maximum absolute atomic E-state index is 14.5. The summed E-state index contributed by atoms with van der Waals surface area (Å²) in [6, 6.07) is 4.66. The number of fused-ring (bicyclic) bond motifs is 1. The Kier molecular flexibility index (Phi) is 8.12. The maximum Gasteiger partial charge on any atom is 0.311 e. The van der Waals surface area contributed by atoms with Gasteiger partial charge < -0.3 is 19.6 Å². The molecule has 1 N–H and O–H groups in total. The third-order valence-corrected chi connectivity index (χ3v) is 10.2. The normalized spacial score (nSPS) is 29.8. The molecule has 0 aromatic heterocycles. The van der Waals surface area contributed by atoms with E-state index in [1.807, 2.05) is 26.0 Å². The number of aliphatic hydroxyl groups is 1. The summed E-state index contributed by atoms with van der Waals surface area (Å²) in [4.78, 5) is 45.1. The molecular formula is C28H35ClN2O5S. The van der Waals surface area contributed by atoms with Gasteiger partial charge in [-0.15, -0.1) is 24.9 Å². The lowest BCUT2D eigenvalue weighted by atomic mass is 9.66. The van der Waals surface area contributed by atoms with Gasteiger partial charge in [-0.3, -0.25) is 14.4 Å². The topological polar surface area (TPSA) is 87.1 Å². The minimum atomic E-state index is -0.801. The van der Waals surface area contributed by atoms with E-state index in [0.717, 1.165) is 5.56 Å². The number of esters is 1. The van der Waals surface area contributed by atoms with Crippen molar-refractivity contribution in [2.75, 3.05) is 31.2 Å². The van der Waals surface area contributed by atoms with Crippen LogP contribution in [0.4, 0.5) is 5.69 Å². The molecule has 3 aliphatic rings. The van der Waals surface area contributed by atoms with Crippen LogP contribution in [0.25, 0.3) is 0 Å². The first kappa shape index (κ1) is 27.7. The molecule has 1 spiro atoms. The van der Waals surface area contributed by atoms with E-state index in [4.69, 9.17) is 16.3 Å². The van der Waals surface area contributed by atoms with Crippen LogP contribution in [0.15, 0.2) is 43.5 Å². The smallest absolute Gasteiger partial charge is 0.311 e. The van der Waals surface area contributed by atoms with Gasteiger partial charge in [0.2, 0.25) is 5.91 Å². The number of rotatable bonds is 11. The van der Waals surface area contributed by atoms with Crippen molar-refractivity contribution in [1.29, 1.82) is 0 Å². The van der Waals surface area contributed by atoms with Crippen molar-refractivity contribution in [3.05, 3.63) is 54.1 Å². The maximum atomic E-state index is 14.5. The van der Waals surface area contributed by atoms with Crippen molar-refractivity contribution >= 4 is 46.8 Å². The fourth-order valence-electron chi connectivity index (χ4n) is 6.41. The predicted octanol–water partition coefficient (Wildman–Crippen LogP) is 4.15. The van der Waals surface area contributed by atoms with Crippen molar-refractivity contribution in [1.82, 2.24) is 4.90 Å². The Morgan fingerprint density at radius 3 is 2.73 bits per heavy atom. The Hall–Kier alpha value is -2.29. The van der Waals surface area contributed by atoms with Crippen LogP contribution in [-0.4, -0.2) is 69.6 Å². The SMILES string of the molecule is C=CCCOC(=O)[C@@H]1[C@H]2C(=O)N(CCCO)C(C(=O)N(CC=C)c3c(C)cccc3Cl)C23CC[C@@]1(C)S3. The largest absolute Gasteiger partial charge is 0.465 e. The lowest BCUT2D eigenvalue weighted by Crippen LogP contribution is -2.55. The second-order valence-electron chi connectivity index (χ2n) is 10.2. The van der Waals surface area contributed by atoms with Gasteiger partial charge >= 0.3 is 5.97 Å². The highest BCUT2D eigenvalue weighted by Crippen LogP contribution is 2.71. The fraction of sp³-hybridized carbons (Fsp3) is 0.536. The number of benzene rings is 1. The van der Waals surface area contributed by atoms with Crippen molar-refractivity contribution in [3.8, 4) is 0 Å². The third kappa shape index (κ3) is 4.51. The number of aryl methyl sites for hydroxylation is 1. The molecule has 1 aromatic carbocycles. The average Bonchev–Trinajstić information content (AvgIpc) is 3.42. The first-order valence-electron chi connectivity index (χ1n) is 12.7. The summed E-state index contributed by atoms with van der Waals surface area (Å²) < 4.78 is 4.30. The molecule has 2 bridgehead atoms. The molecule has 0 aliphatic carbocycles. The van der Waals surface area contributed by atoms with Gasteiger partial charge in [0.25, 0.3) is 5.91 Å². The van der Waals surface area contributed by atoms with E-state index in [2.05, 4.69) is 13.2 Å². The summed E-state index contributed by atoms with van der Waals surface area (Å²) >= 11 is 8.17. The molecule has 4 rings (SSSR count). The molecule has 3 fully saturated rings. The Labute approximate surface area is 227 Å². The molecule has 9 heteroatoms. The number of para-hydroxylation sites is 1. The molecular weight excluding hydrogens is 512 g/mol. The number of aliphatic hydroxyl groups excluding tert-OH is 1. The Balaban J connectivity index is 1.78. The van der Waals surface area contributed by atoms with E-state index in [1.165, 1.54) is 0 Å². The molecule has 200 valence electrons. The van der Waals surface area contributed by atoms with E-state index in [-0.39, 0.29) is 38.1 Å². The van der Waals surface area contributed by atoms with Crippen LogP contribution >= 0.6 is 23.4 Å². The third-order valence-electron chi connectivity index (χ3n) is 7.92. The monoisotopic (exact) mass is 546 g/mol. The van der Waals surface area contributed by atoms with Crippen molar-refractivity contribution in [3.63, 3.8) is 0 Å². The molecule has 3 aliphatic heterocycles. The molecule has 3 saturated heterocycles. The van der Waals surface area contributed by atoms with Gasteiger partial charge in [-0.25, -0.2) is 0 Å². The number of thioether (sulfide) groups is 1. The molecule has 37 heavy (non-hydrogen) atoms. The van der Waals surface area contributed by atoms with Gasteiger partial charge in [-0.2, -0.15) is 0 Å². The fourth-order valence-corrected chi connectivity index (χ4v) is 9.07. The van der Waals surface area contributed by atoms with Crippen LogP contribution < -0.4 is 4.90 Å². The molecule has 0 radical (unpaired) electrons. The summed E-state index contributed by atoms with van der Waals surface area (Å²) in [5.74, 6) is -2.17. The van der Waals surface area contributed by atoms with Crippen molar-refractivity contribution < 1.29 is 24.2 Å².